The number of aliphatic imine (C=N–C) groups is 1. The van der Waals surface area contributed by atoms with Gasteiger partial charge in [-0.3, -0.25) is 14.7 Å². The molecule has 0 bridgehead atoms. The molecule has 2 rings (SSSR count). The number of amides is 1. The molecule has 0 radical (unpaired) electrons. The number of rotatable bonds is 10. The minimum absolute atomic E-state index is 0. The van der Waals surface area contributed by atoms with Crippen molar-refractivity contribution in [1.82, 2.24) is 20.4 Å². The van der Waals surface area contributed by atoms with E-state index in [0.717, 1.165) is 32.1 Å². The number of methoxy groups -OCH3 is 1. The first kappa shape index (κ1) is 25.6. The fraction of sp³-hybridized carbons (Fsp3) is 0.600. The van der Waals surface area contributed by atoms with Gasteiger partial charge in [-0.2, -0.15) is 0 Å². The lowest BCUT2D eigenvalue weighted by molar-refractivity contribution is -0.122. The maximum atomic E-state index is 11.9. The Bertz CT molecular complexity index is 595. The molecule has 164 valence electrons. The lowest BCUT2D eigenvalue weighted by Crippen LogP contribution is -2.54. The van der Waals surface area contributed by atoms with Crippen molar-refractivity contribution in [3.05, 3.63) is 35.9 Å². The zero-order valence-corrected chi connectivity index (χ0v) is 19.8. The van der Waals surface area contributed by atoms with E-state index < -0.39 is 0 Å². The Kier molecular flexibility index (Phi) is 13.6. The molecule has 1 aromatic carbocycles. The third kappa shape index (κ3) is 10.2. The third-order valence-electron chi connectivity index (χ3n) is 4.52. The van der Waals surface area contributed by atoms with Crippen molar-refractivity contribution in [2.75, 3.05) is 73.2 Å². The van der Waals surface area contributed by atoms with Crippen LogP contribution >= 0.6 is 24.0 Å². The minimum Gasteiger partial charge on any atom is -0.383 e. The number of ether oxygens (including phenoxy) is 2. The summed E-state index contributed by atoms with van der Waals surface area (Å²) in [6, 6.07) is 10.2. The van der Waals surface area contributed by atoms with Crippen LogP contribution in [0, 0.1) is 0 Å². The van der Waals surface area contributed by atoms with Gasteiger partial charge in [0.2, 0.25) is 5.91 Å². The maximum absolute atomic E-state index is 11.9. The van der Waals surface area contributed by atoms with E-state index in [1.807, 2.05) is 18.2 Å². The summed E-state index contributed by atoms with van der Waals surface area (Å²) in [6.45, 7) is 6.83. The predicted molar refractivity (Wildman–Crippen MR) is 126 cm³/mol. The van der Waals surface area contributed by atoms with Crippen molar-refractivity contribution >= 4 is 35.8 Å². The van der Waals surface area contributed by atoms with E-state index in [1.54, 1.807) is 14.2 Å². The van der Waals surface area contributed by atoms with Crippen molar-refractivity contribution in [1.29, 1.82) is 0 Å². The van der Waals surface area contributed by atoms with E-state index in [9.17, 15) is 4.79 Å². The number of benzene rings is 1. The summed E-state index contributed by atoms with van der Waals surface area (Å²) in [7, 11) is 3.42. The molecule has 29 heavy (non-hydrogen) atoms. The molecule has 1 aliphatic heterocycles. The summed E-state index contributed by atoms with van der Waals surface area (Å²) in [4.78, 5) is 20.6. The van der Waals surface area contributed by atoms with Gasteiger partial charge < -0.3 is 25.0 Å². The maximum Gasteiger partial charge on any atom is 0.234 e. The molecule has 0 aliphatic carbocycles. The normalized spacial score (nSPS) is 15.0. The summed E-state index contributed by atoms with van der Waals surface area (Å²) < 4.78 is 10.6. The third-order valence-corrected chi connectivity index (χ3v) is 4.52. The monoisotopic (exact) mass is 519 g/mol. The number of hydrogen-bond acceptors (Lipinski definition) is 5. The number of carbonyl (C=O) groups excluding carboxylic acids is 1. The number of piperazine rings is 1. The second kappa shape index (κ2) is 15.4. The molecule has 2 N–H and O–H groups in total. The molecular weight excluding hydrogens is 485 g/mol. The highest BCUT2D eigenvalue weighted by Crippen LogP contribution is 2.02. The Morgan fingerprint density at radius 3 is 2.41 bits per heavy atom. The van der Waals surface area contributed by atoms with Crippen LogP contribution in [0.1, 0.15) is 5.56 Å². The quantitative estimate of drug-likeness (QED) is 0.206. The lowest BCUT2D eigenvalue weighted by atomic mass is 10.2. The van der Waals surface area contributed by atoms with E-state index in [-0.39, 0.29) is 29.9 Å². The summed E-state index contributed by atoms with van der Waals surface area (Å²) >= 11 is 0. The predicted octanol–water partition coefficient (Wildman–Crippen LogP) is 0.777. The average Bonchev–Trinajstić information content (AvgIpc) is 2.72. The molecule has 9 heteroatoms. The molecule has 1 amide bonds. The van der Waals surface area contributed by atoms with Crippen LogP contribution in [0.3, 0.4) is 0 Å². The topological polar surface area (TPSA) is 78.4 Å². The SMILES string of the molecule is CN=C(NCCOCc1ccccc1)N1CCN(CC(=O)NCCOC)CC1.I. The largest absolute Gasteiger partial charge is 0.383 e. The van der Waals surface area contributed by atoms with Crippen molar-refractivity contribution in [3.8, 4) is 0 Å². The van der Waals surface area contributed by atoms with Crippen LogP contribution in [0.15, 0.2) is 35.3 Å². The van der Waals surface area contributed by atoms with Gasteiger partial charge in [-0.05, 0) is 5.56 Å². The summed E-state index contributed by atoms with van der Waals surface area (Å²) in [5.41, 5.74) is 1.18. The van der Waals surface area contributed by atoms with Gasteiger partial charge in [-0.25, -0.2) is 0 Å². The Labute approximate surface area is 191 Å². The molecule has 0 aromatic heterocycles. The van der Waals surface area contributed by atoms with E-state index in [2.05, 4.69) is 37.6 Å². The van der Waals surface area contributed by atoms with E-state index in [1.165, 1.54) is 5.56 Å². The van der Waals surface area contributed by atoms with Gasteiger partial charge in [-0.15, -0.1) is 24.0 Å². The highest BCUT2D eigenvalue weighted by Gasteiger charge is 2.20. The molecular formula is C20H34IN5O3. The fourth-order valence-corrected chi connectivity index (χ4v) is 3.00. The summed E-state index contributed by atoms with van der Waals surface area (Å²) in [5.74, 6) is 0.927. The molecule has 0 spiro atoms. The molecule has 1 saturated heterocycles. The second-order valence-electron chi connectivity index (χ2n) is 6.62. The highest BCUT2D eigenvalue weighted by atomic mass is 127. The number of nitrogens with zero attached hydrogens (tertiary/aromatic N) is 3. The van der Waals surface area contributed by atoms with Crippen LogP contribution in [0.2, 0.25) is 0 Å². The average molecular weight is 519 g/mol. The first-order valence-electron chi connectivity index (χ1n) is 9.78. The molecule has 1 heterocycles. The Morgan fingerprint density at radius 1 is 1.07 bits per heavy atom. The Morgan fingerprint density at radius 2 is 1.76 bits per heavy atom. The first-order chi connectivity index (χ1) is 13.7. The van der Waals surface area contributed by atoms with Crippen LogP contribution < -0.4 is 10.6 Å². The van der Waals surface area contributed by atoms with Crippen molar-refractivity contribution in [2.24, 2.45) is 4.99 Å². The Balaban J connectivity index is 0.00000420. The van der Waals surface area contributed by atoms with Gasteiger partial charge in [0.25, 0.3) is 0 Å². The molecule has 0 unspecified atom stereocenters. The van der Waals surface area contributed by atoms with Gasteiger partial charge in [0.15, 0.2) is 5.96 Å². The smallest absolute Gasteiger partial charge is 0.234 e. The zero-order chi connectivity index (χ0) is 20.0. The summed E-state index contributed by atoms with van der Waals surface area (Å²) in [5, 5.41) is 6.21. The number of carbonyl (C=O) groups is 1. The van der Waals surface area contributed by atoms with Crippen LogP contribution in [0.5, 0.6) is 0 Å². The standard InChI is InChI=1S/C20H33N5O3.HI/c1-21-20(23-9-15-28-17-18-6-4-3-5-7-18)25-12-10-24(11-13-25)16-19(26)22-8-14-27-2;/h3-7H,8-17H2,1-2H3,(H,21,23)(H,22,26);1H. The Hall–Kier alpha value is -1.43. The van der Waals surface area contributed by atoms with E-state index >= 15 is 0 Å². The second-order valence-corrected chi connectivity index (χ2v) is 6.62. The van der Waals surface area contributed by atoms with Crippen LogP contribution in [0.25, 0.3) is 0 Å². The van der Waals surface area contributed by atoms with Crippen molar-refractivity contribution in [2.45, 2.75) is 6.61 Å². The van der Waals surface area contributed by atoms with E-state index in [4.69, 9.17) is 9.47 Å². The number of halogens is 1. The van der Waals surface area contributed by atoms with Crippen LogP contribution in [0.4, 0.5) is 0 Å². The molecule has 1 aromatic rings. The van der Waals surface area contributed by atoms with Crippen molar-refractivity contribution in [3.63, 3.8) is 0 Å². The molecule has 8 nitrogen and oxygen atoms in total. The van der Waals surface area contributed by atoms with Gasteiger partial charge in [0.1, 0.15) is 0 Å². The minimum atomic E-state index is 0. The number of nitrogens with one attached hydrogen (secondary N) is 2. The summed E-state index contributed by atoms with van der Waals surface area (Å²) in [6.07, 6.45) is 0. The molecule has 1 aliphatic rings. The highest BCUT2D eigenvalue weighted by molar-refractivity contribution is 14.0. The number of guanidine groups is 1. The van der Waals surface area contributed by atoms with Gasteiger partial charge in [0.05, 0.1) is 26.4 Å². The van der Waals surface area contributed by atoms with Gasteiger partial charge in [0, 0.05) is 53.4 Å². The number of hydrogen-bond donors (Lipinski definition) is 2. The van der Waals surface area contributed by atoms with Gasteiger partial charge >= 0.3 is 0 Å². The molecule has 0 atom stereocenters. The van der Waals surface area contributed by atoms with Crippen LogP contribution in [-0.2, 0) is 20.9 Å². The lowest BCUT2D eigenvalue weighted by Gasteiger charge is -2.36. The van der Waals surface area contributed by atoms with Crippen molar-refractivity contribution < 1.29 is 14.3 Å². The molecule has 1 fully saturated rings. The first-order valence-corrected chi connectivity index (χ1v) is 9.78. The van der Waals surface area contributed by atoms with Crippen LogP contribution in [-0.4, -0.2) is 94.9 Å². The van der Waals surface area contributed by atoms with E-state index in [0.29, 0.717) is 39.5 Å². The fourth-order valence-electron chi connectivity index (χ4n) is 3.00. The van der Waals surface area contributed by atoms with Gasteiger partial charge in [-0.1, -0.05) is 30.3 Å². The zero-order valence-electron chi connectivity index (χ0n) is 17.4. The molecule has 0 saturated carbocycles.